The maximum absolute atomic E-state index is 14.8. The van der Waals surface area contributed by atoms with Crippen LogP contribution in [-0.4, -0.2) is 14.7 Å². The first-order valence-corrected chi connectivity index (χ1v) is 8.70. The summed E-state index contributed by atoms with van der Waals surface area (Å²) in [4.78, 5) is -0.0844. The van der Waals surface area contributed by atoms with E-state index in [2.05, 4.69) is 0 Å². The summed E-state index contributed by atoms with van der Waals surface area (Å²) in [7, 11) is -3.60. The van der Waals surface area contributed by atoms with Gasteiger partial charge in [-0.05, 0) is 29.2 Å². The second kappa shape index (κ2) is 5.47. The summed E-state index contributed by atoms with van der Waals surface area (Å²) in [6, 6.07) is 8.05. The first-order valence-electron chi connectivity index (χ1n) is 6.81. The lowest BCUT2D eigenvalue weighted by molar-refractivity contribution is 0.524. The fraction of sp³-hybridized carbons (Fsp3) is 0.294. The summed E-state index contributed by atoms with van der Waals surface area (Å²) in [6.07, 6.45) is 1.02. The van der Waals surface area contributed by atoms with Gasteiger partial charge in [-0.25, -0.2) is 17.2 Å². The summed E-state index contributed by atoms with van der Waals surface area (Å²) < 4.78 is 52.2. The van der Waals surface area contributed by atoms with Gasteiger partial charge in [-0.2, -0.15) is 0 Å². The van der Waals surface area contributed by atoms with Crippen LogP contribution in [-0.2, 0) is 15.3 Å². The molecule has 0 atom stereocenters. The van der Waals surface area contributed by atoms with E-state index >= 15 is 0 Å². The van der Waals surface area contributed by atoms with Gasteiger partial charge in [0.25, 0.3) is 0 Å². The molecule has 0 spiro atoms. The molecule has 2 rings (SSSR count). The van der Waals surface area contributed by atoms with E-state index in [0.717, 1.165) is 18.4 Å². The van der Waals surface area contributed by atoms with E-state index in [4.69, 9.17) is 0 Å². The van der Waals surface area contributed by atoms with Crippen LogP contribution in [0.1, 0.15) is 26.3 Å². The molecule has 5 heteroatoms. The van der Waals surface area contributed by atoms with Crippen LogP contribution in [0.2, 0.25) is 0 Å². The van der Waals surface area contributed by atoms with Gasteiger partial charge in [0.1, 0.15) is 11.6 Å². The summed E-state index contributed by atoms with van der Waals surface area (Å²) in [5, 5.41) is 0. The lowest BCUT2D eigenvalue weighted by Crippen LogP contribution is -2.14. The third kappa shape index (κ3) is 3.19. The molecule has 2 nitrogen and oxygen atoms in total. The molecule has 22 heavy (non-hydrogen) atoms. The van der Waals surface area contributed by atoms with Crippen LogP contribution in [0.5, 0.6) is 0 Å². The van der Waals surface area contributed by atoms with E-state index in [1.54, 1.807) is 12.1 Å². The fourth-order valence-corrected chi connectivity index (χ4v) is 3.24. The first kappa shape index (κ1) is 16.6. The zero-order chi connectivity index (χ0) is 16.7. The molecule has 0 radical (unpaired) electrons. The number of rotatable bonds is 2. The van der Waals surface area contributed by atoms with Crippen LogP contribution < -0.4 is 0 Å². The normalized spacial score (nSPS) is 12.5. The largest absolute Gasteiger partial charge is 0.224 e. The van der Waals surface area contributed by atoms with Crippen molar-refractivity contribution >= 4 is 9.84 Å². The zero-order valence-electron chi connectivity index (χ0n) is 12.9. The van der Waals surface area contributed by atoms with Gasteiger partial charge in [0.15, 0.2) is 9.84 Å². The lowest BCUT2D eigenvalue weighted by atomic mass is 9.85. The van der Waals surface area contributed by atoms with Gasteiger partial charge in [-0.3, -0.25) is 0 Å². The summed E-state index contributed by atoms with van der Waals surface area (Å²) in [6.45, 7) is 5.58. The maximum atomic E-state index is 14.8. The topological polar surface area (TPSA) is 34.1 Å². The molecule has 0 heterocycles. The SMILES string of the molecule is CC(C)(C)c1cccc(-c2cc(F)ccc2S(C)(=O)=O)c1F. The van der Waals surface area contributed by atoms with Gasteiger partial charge in [0, 0.05) is 17.4 Å². The number of halogens is 2. The van der Waals surface area contributed by atoms with E-state index in [-0.39, 0.29) is 16.0 Å². The van der Waals surface area contributed by atoms with Crippen LogP contribution in [0.3, 0.4) is 0 Å². The van der Waals surface area contributed by atoms with Crippen molar-refractivity contribution < 1.29 is 17.2 Å². The predicted molar refractivity (Wildman–Crippen MR) is 83.6 cm³/mol. The Morgan fingerprint density at radius 2 is 1.59 bits per heavy atom. The van der Waals surface area contributed by atoms with Gasteiger partial charge in [-0.1, -0.05) is 39.0 Å². The Labute approximate surface area is 129 Å². The van der Waals surface area contributed by atoms with Crippen molar-refractivity contribution in [3.05, 3.63) is 53.6 Å². The van der Waals surface area contributed by atoms with E-state index in [0.29, 0.717) is 5.56 Å². The van der Waals surface area contributed by atoms with E-state index < -0.39 is 26.9 Å². The Hall–Kier alpha value is -1.75. The van der Waals surface area contributed by atoms with Gasteiger partial charge in [0.05, 0.1) is 4.90 Å². The van der Waals surface area contributed by atoms with Gasteiger partial charge < -0.3 is 0 Å². The van der Waals surface area contributed by atoms with Gasteiger partial charge in [-0.15, -0.1) is 0 Å². The third-order valence-corrected chi connectivity index (χ3v) is 4.59. The minimum absolute atomic E-state index is 0.0473. The summed E-state index contributed by atoms with van der Waals surface area (Å²) >= 11 is 0. The van der Waals surface area contributed by atoms with Crippen LogP contribution in [0.4, 0.5) is 8.78 Å². The summed E-state index contributed by atoms with van der Waals surface area (Å²) in [5.41, 5.74) is 0.144. The van der Waals surface area contributed by atoms with E-state index in [1.165, 1.54) is 12.1 Å². The molecule has 0 aliphatic rings. The fourth-order valence-electron chi connectivity index (χ4n) is 2.36. The van der Waals surface area contributed by atoms with Crippen LogP contribution in [0.25, 0.3) is 11.1 Å². The standard InChI is InChI=1S/C17H18F2O2S/c1-17(2,3)14-7-5-6-12(16(14)19)13-10-11(18)8-9-15(13)22(4,20)21/h5-10H,1-4H3. The van der Waals surface area contributed by atoms with Crippen LogP contribution >= 0.6 is 0 Å². The van der Waals surface area contributed by atoms with Crippen LogP contribution in [0.15, 0.2) is 41.3 Å². The molecule has 0 amide bonds. The molecule has 0 aromatic heterocycles. The lowest BCUT2D eigenvalue weighted by Gasteiger charge is -2.21. The third-order valence-electron chi connectivity index (χ3n) is 3.44. The highest BCUT2D eigenvalue weighted by Gasteiger charge is 2.23. The second-order valence-corrected chi connectivity index (χ2v) is 8.31. The zero-order valence-corrected chi connectivity index (χ0v) is 13.8. The quantitative estimate of drug-likeness (QED) is 0.770. The smallest absolute Gasteiger partial charge is 0.176 e. The van der Waals surface area contributed by atoms with Crippen molar-refractivity contribution in [3.8, 4) is 11.1 Å². The van der Waals surface area contributed by atoms with Crippen molar-refractivity contribution in [2.45, 2.75) is 31.1 Å². The number of hydrogen-bond acceptors (Lipinski definition) is 2. The number of sulfone groups is 1. The average molecular weight is 324 g/mol. The van der Waals surface area contributed by atoms with Gasteiger partial charge in [0.2, 0.25) is 0 Å². The van der Waals surface area contributed by atoms with Crippen molar-refractivity contribution in [1.29, 1.82) is 0 Å². The van der Waals surface area contributed by atoms with Crippen molar-refractivity contribution in [2.75, 3.05) is 6.26 Å². The summed E-state index contributed by atoms with van der Waals surface area (Å²) in [5.74, 6) is -1.13. The molecule has 0 aliphatic heterocycles. The molecule has 0 unspecified atom stereocenters. The molecular formula is C17H18F2O2S. The highest BCUT2D eigenvalue weighted by molar-refractivity contribution is 7.90. The van der Waals surface area contributed by atoms with Crippen molar-refractivity contribution in [2.24, 2.45) is 0 Å². The first-order chi connectivity index (χ1) is 10.0. The Balaban J connectivity index is 2.81. The maximum Gasteiger partial charge on any atom is 0.176 e. The molecule has 2 aromatic carbocycles. The second-order valence-electron chi connectivity index (χ2n) is 6.33. The number of hydrogen-bond donors (Lipinski definition) is 0. The van der Waals surface area contributed by atoms with E-state index in [1.807, 2.05) is 20.8 Å². The molecule has 118 valence electrons. The van der Waals surface area contributed by atoms with E-state index in [9.17, 15) is 17.2 Å². The monoisotopic (exact) mass is 324 g/mol. The molecule has 0 saturated carbocycles. The highest BCUT2D eigenvalue weighted by atomic mass is 32.2. The van der Waals surface area contributed by atoms with Crippen LogP contribution in [0, 0.1) is 11.6 Å². The molecule has 2 aromatic rings. The molecule has 0 aliphatic carbocycles. The predicted octanol–water partition coefficient (Wildman–Crippen LogP) is 4.33. The molecule has 0 fully saturated rings. The Morgan fingerprint density at radius 3 is 2.14 bits per heavy atom. The highest BCUT2D eigenvalue weighted by Crippen LogP contribution is 2.35. The number of benzene rings is 2. The minimum atomic E-state index is -3.60. The Kier molecular flexibility index (Phi) is 4.13. The Bertz CT molecular complexity index is 819. The van der Waals surface area contributed by atoms with Crippen molar-refractivity contribution in [1.82, 2.24) is 0 Å². The molecule has 0 bridgehead atoms. The minimum Gasteiger partial charge on any atom is -0.224 e. The molecular weight excluding hydrogens is 306 g/mol. The van der Waals surface area contributed by atoms with Gasteiger partial charge >= 0.3 is 0 Å². The molecule has 0 saturated heterocycles. The van der Waals surface area contributed by atoms with Crippen molar-refractivity contribution in [3.63, 3.8) is 0 Å². The molecule has 0 N–H and O–H groups in total. The Morgan fingerprint density at radius 1 is 0.955 bits per heavy atom. The average Bonchev–Trinajstić information content (AvgIpc) is 2.36.